The highest BCUT2D eigenvalue weighted by Crippen LogP contribution is 2.02. The molecule has 0 aliphatic heterocycles. The van der Waals surface area contributed by atoms with E-state index in [2.05, 4.69) is 10.3 Å². The van der Waals surface area contributed by atoms with Gasteiger partial charge < -0.3 is 4.74 Å². The zero-order valence-electron chi connectivity index (χ0n) is 6.54. The first-order chi connectivity index (χ1) is 5.43. The number of methoxy groups -OCH3 is 1. The number of aromatic nitrogens is 1. The highest BCUT2D eigenvalue weighted by atomic mass is 32.1. The number of nitrogens with zero attached hydrogens (tertiary/aromatic N) is 1. The summed E-state index contributed by atoms with van der Waals surface area (Å²) in [6, 6.07) is 0. The Bertz CT molecular complexity index is 177. The van der Waals surface area contributed by atoms with Crippen LogP contribution in [0.5, 0.6) is 0 Å². The first-order valence-electron chi connectivity index (χ1n) is 3.51. The largest absolute Gasteiger partial charge is 0.370 e. The van der Waals surface area contributed by atoms with Gasteiger partial charge in [-0.25, -0.2) is 4.98 Å². The maximum atomic E-state index is 4.83. The molecule has 0 aromatic carbocycles. The van der Waals surface area contributed by atoms with Crippen LogP contribution in [0.4, 0.5) is 0 Å². The summed E-state index contributed by atoms with van der Waals surface area (Å²) in [6.45, 7) is 1.55. The van der Waals surface area contributed by atoms with Crippen molar-refractivity contribution in [3.05, 3.63) is 16.6 Å². The summed E-state index contributed by atoms with van der Waals surface area (Å²) in [5, 5.41) is 6.28. The van der Waals surface area contributed by atoms with Crippen molar-refractivity contribution in [3.8, 4) is 0 Å². The molecule has 3 nitrogen and oxygen atoms in total. The summed E-state index contributed by atoms with van der Waals surface area (Å²) < 4.78 is 4.83. The van der Waals surface area contributed by atoms with E-state index in [1.807, 2.05) is 11.6 Å². The predicted octanol–water partition coefficient (Wildman–Crippen LogP) is 0.879. The topological polar surface area (TPSA) is 34.1 Å². The number of hydrogen-bond donors (Lipinski definition) is 1. The van der Waals surface area contributed by atoms with Crippen molar-refractivity contribution in [2.24, 2.45) is 0 Å². The van der Waals surface area contributed by atoms with E-state index < -0.39 is 0 Å². The minimum atomic E-state index is 0.616. The lowest BCUT2D eigenvalue weighted by Crippen LogP contribution is -2.19. The van der Waals surface area contributed by atoms with E-state index in [4.69, 9.17) is 4.74 Å². The van der Waals surface area contributed by atoms with Gasteiger partial charge in [0.25, 0.3) is 0 Å². The second kappa shape index (κ2) is 5.23. The smallest absolute Gasteiger partial charge is 0.0961 e. The first kappa shape index (κ1) is 8.64. The van der Waals surface area contributed by atoms with E-state index in [-0.39, 0.29) is 0 Å². The maximum Gasteiger partial charge on any atom is 0.0961 e. The van der Waals surface area contributed by atoms with E-state index in [9.17, 15) is 0 Å². The van der Waals surface area contributed by atoms with Gasteiger partial charge in [-0.15, -0.1) is 11.3 Å². The van der Waals surface area contributed by atoms with Crippen molar-refractivity contribution in [2.75, 3.05) is 20.4 Å². The molecule has 1 aromatic heterocycles. The first-order valence-corrected chi connectivity index (χ1v) is 4.39. The Morgan fingerprint density at radius 1 is 1.73 bits per heavy atom. The van der Waals surface area contributed by atoms with Gasteiger partial charge in [0.2, 0.25) is 0 Å². The van der Waals surface area contributed by atoms with Crippen LogP contribution in [-0.4, -0.2) is 25.4 Å². The van der Waals surface area contributed by atoms with Gasteiger partial charge in [0, 0.05) is 31.7 Å². The zero-order valence-corrected chi connectivity index (χ0v) is 7.36. The molecule has 0 spiro atoms. The molecule has 62 valence electrons. The van der Waals surface area contributed by atoms with Gasteiger partial charge >= 0.3 is 0 Å². The molecule has 1 rings (SSSR count). The summed E-state index contributed by atoms with van der Waals surface area (Å²) in [5.74, 6) is 0. The van der Waals surface area contributed by atoms with Crippen molar-refractivity contribution in [1.29, 1.82) is 0 Å². The van der Waals surface area contributed by atoms with Crippen LogP contribution in [-0.2, 0) is 11.2 Å². The number of rotatable bonds is 5. The Hall–Kier alpha value is -0.450. The van der Waals surface area contributed by atoms with Crippen LogP contribution >= 0.6 is 11.3 Å². The van der Waals surface area contributed by atoms with E-state index in [1.54, 1.807) is 18.4 Å². The maximum absolute atomic E-state index is 4.83. The minimum absolute atomic E-state index is 0.616. The molecule has 1 aromatic rings. The lowest BCUT2D eigenvalue weighted by Gasteiger charge is -1.99. The Kier molecular flexibility index (Phi) is 4.11. The lowest BCUT2D eigenvalue weighted by atomic mass is 10.4. The van der Waals surface area contributed by atoms with Crippen molar-refractivity contribution >= 4 is 11.3 Å². The standard InChI is InChI=1S/C7H12N2OS/c1-10-6-8-3-2-7-9-4-5-11-7/h4-5,8H,2-3,6H2,1H3. The van der Waals surface area contributed by atoms with Gasteiger partial charge in [-0.1, -0.05) is 0 Å². The molecule has 1 N–H and O–H groups in total. The highest BCUT2D eigenvalue weighted by molar-refractivity contribution is 7.09. The van der Waals surface area contributed by atoms with E-state index in [0.29, 0.717) is 6.73 Å². The third-order valence-corrected chi connectivity index (χ3v) is 2.08. The second-order valence-electron chi connectivity index (χ2n) is 2.11. The number of ether oxygens (including phenoxy) is 1. The Balaban J connectivity index is 2.04. The summed E-state index contributed by atoms with van der Waals surface area (Å²) in [7, 11) is 1.68. The molecular weight excluding hydrogens is 160 g/mol. The van der Waals surface area contributed by atoms with Gasteiger partial charge in [0.05, 0.1) is 11.7 Å². The van der Waals surface area contributed by atoms with Gasteiger partial charge in [-0.3, -0.25) is 5.32 Å². The van der Waals surface area contributed by atoms with Crippen molar-refractivity contribution in [1.82, 2.24) is 10.3 Å². The molecule has 1 heterocycles. The Morgan fingerprint density at radius 2 is 2.64 bits per heavy atom. The van der Waals surface area contributed by atoms with Crippen LogP contribution in [0, 0.1) is 0 Å². The molecule has 4 heteroatoms. The van der Waals surface area contributed by atoms with Crippen LogP contribution in [0.2, 0.25) is 0 Å². The average molecular weight is 172 g/mol. The molecule has 0 saturated carbocycles. The minimum Gasteiger partial charge on any atom is -0.370 e. The van der Waals surface area contributed by atoms with Gasteiger partial charge in [-0.2, -0.15) is 0 Å². The molecule has 11 heavy (non-hydrogen) atoms. The number of nitrogens with one attached hydrogen (secondary N) is 1. The summed E-state index contributed by atoms with van der Waals surface area (Å²) >= 11 is 1.69. The van der Waals surface area contributed by atoms with Crippen LogP contribution in [0.25, 0.3) is 0 Å². The fourth-order valence-corrected chi connectivity index (χ4v) is 1.37. The van der Waals surface area contributed by atoms with Gasteiger partial charge in [0.15, 0.2) is 0 Å². The third-order valence-electron chi connectivity index (χ3n) is 1.25. The monoisotopic (exact) mass is 172 g/mol. The van der Waals surface area contributed by atoms with E-state index in [0.717, 1.165) is 13.0 Å². The molecule has 0 bridgehead atoms. The average Bonchev–Trinajstić information content (AvgIpc) is 2.50. The van der Waals surface area contributed by atoms with Crippen molar-refractivity contribution < 1.29 is 4.74 Å². The molecule has 0 atom stereocenters. The van der Waals surface area contributed by atoms with Crippen LogP contribution in [0.15, 0.2) is 11.6 Å². The second-order valence-corrected chi connectivity index (χ2v) is 3.09. The number of thiazole rings is 1. The normalized spacial score (nSPS) is 10.3. The summed E-state index contributed by atoms with van der Waals surface area (Å²) in [4.78, 5) is 4.15. The fourth-order valence-electron chi connectivity index (χ4n) is 0.746. The third kappa shape index (κ3) is 3.46. The molecular formula is C7H12N2OS. The van der Waals surface area contributed by atoms with Gasteiger partial charge in [0.1, 0.15) is 0 Å². The lowest BCUT2D eigenvalue weighted by molar-refractivity contribution is 0.176. The van der Waals surface area contributed by atoms with Crippen LogP contribution in [0.1, 0.15) is 5.01 Å². The van der Waals surface area contributed by atoms with E-state index >= 15 is 0 Å². The quantitative estimate of drug-likeness (QED) is 0.529. The molecule has 0 saturated heterocycles. The van der Waals surface area contributed by atoms with E-state index in [1.165, 1.54) is 5.01 Å². The molecule has 0 radical (unpaired) electrons. The Labute approximate surface area is 70.4 Å². The van der Waals surface area contributed by atoms with Gasteiger partial charge in [-0.05, 0) is 0 Å². The SMILES string of the molecule is COCNCCc1nccs1. The van der Waals surface area contributed by atoms with Crippen molar-refractivity contribution in [3.63, 3.8) is 0 Å². The van der Waals surface area contributed by atoms with Crippen molar-refractivity contribution in [2.45, 2.75) is 6.42 Å². The fraction of sp³-hybridized carbons (Fsp3) is 0.571. The molecule has 0 unspecified atom stereocenters. The summed E-state index contributed by atoms with van der Waals surface area (Å²) in [6.07, 6.45) is 2.82. The van der Waals surface area contributed by atoms with Crippen LogP contribution in [0.3, 0.4) is 0 Å². The molecule has 0 aliphatic rings. The highest BCUT2D eigenvalue weighted by Gasteiger charge is 1.92. The molecule has 0 fully saturated rings. The number of hydrogen-bond acceptors (Lipinski definition) is 4. The molecule has 0 amide bonds. The summed E-state index contributed by atoms with van der Waals surface area (Å²) in [5.41, 5.74) is 0. The van der Waals surface area contributed by atoms with Crippen LogP contribution < -0.4 is 5.32 Å². The molecule has 0 aliphatic carbocycles. The Morgan fingerprint density at radius 3 is 3.27 bits per heavy atom. The zero-order chi connectivity index (χ0) is 7.94. The predicted molar refractivity (Wildman–Crippen MR) is 45.7 cm³/mol.